The molecule has 0 heterocycles. The second-order valence-corrected chi connectivity index (χ2v) is 5.25. The normalized spacial score (nSPS) is 17.9. The molecule has 1 saturated carbocycles. The minimum absolute atomic E-state index is 0.0642. The lowest BCUT2D eigenvalue weighted by molar-refractivity contribution is -0.146. The van der Waals surface area contributed by atoms with Gasteiger partial charge in [0.25, 0.3) is 5.91 Å². The second-order valence-electron chi connectivity index (χ2n) is 5.25. The van der Waals surface area contributed by atoms with E-state index in [-0.39, 0.29) is 5.91 Å². The number of hydroxylamine groups is 1. The summed E-state index contributed by atoms with van der Waals surface area (Å²) in [5, 5.41) is 0. The number of amides is 1. The van der Waals surface area contributed by atoms with E-state index < -0.39 is 5.41 Å². The lowest BCUT2D eigenvalue weighted by Crippen LogP contribution is -2.47. The van der Waals surface area contributed by atoms with Gasteiger partial charge in [-0.2, -0.15) is 0 Å². The van der Waals surface area contributed by atoms with Crippen molar-refractivity contribution in [3.63, 3.8) is 0 Å². The van der Waals surface area contributed by atoms with Crippen molar-refractivity contribution in [2.24, 2.45) is 11.1 Å². The van der Waals surface area contributed by atoms with Crippen LogP contribution in [-0.4, -0.2) is 12.5 Å². The largest absolute Gasteiger partial charge is 0.329 e. The van der Waals surface area contributed by atoms with E-state index in [4.69, 9.17) is 10.6 Å². The molecule has 0 unspecified atom stereocenters. The van der Waals surface area contributed by atoms with E-state index in [1.165, 1.54) is 6.42 Å². The summed E-state index contributed by atoms with van der Waals surface area (Å²) in [6, 6.07) is 9.77. The monoisotopic (exact) mass is 262 g/mol. The maximum Gasteiger partial charge on any atom is 0.251 e. The Hall–Kier alpha value is -1.39. The molecule has 1 fully saturated rings. The Morgan fingerprint density at radius 1 is 1.21 bits per heavy atom. The molecule has 1 aliphatic carbocycles. The van der Waals surface area contributed by atoms with Gasteiger partial charge in [-0.15, -0.1) is 0 Å². The van der Waals surface area contributed by atoms with Crippen LogP contribution in [0.3, 0.4) is 0 Å². The van der Waals surface area contributed by atoms with Gasteiger partial charge in [-0.3, -0.25) is 9.63 Å². The molecule has 0 bridgehead atoms. The number of hydrogen-bond donors (Lipinski definition) is 2. The Kier molecular flexibility index (Phi) is 4.93. The van der Waals surface area contributed by atoms with Crippen molar-refractivity contribution in [2.75, 3.05) is 6.54 Å². The van der Waals surface area contributed by atoms with Crippen molar-refractivity contribution in [3.05, 3.63) is 35.9 Å². The molecule has 1 amide bonds. The Labute approximate surface area is 114 Å². The van der Waals surface area contributed by atoms with Crippen LogP contribution in [0.15, 0.2) is 30.3 Å². The molecule has 104 valence electrons. The number of nitrogens with two attached hydrogens (primary N) is 1. The van der Waals surface area contributed by atoms with Gasteiger partial charge in [0.15, 0.2) is 0 Å². The Morgan fingerprint density at radius 3 is 2.53 bits per heavy atom. The molecule has 0 saturated heterocycles. The van der Waals surface area contributed by atoms with Gasteiger partial charge >= 0.3 is 0 Å². The molecule has 0 aliphatic heterocycles. The van der Waals surface area contributed by atoms with Crippen LogP contribution in [0.5, 0.6) is 0 Å². The highest BCUT2D eigenvalue weighted by molar-refractivity contribution is 5.82. The molecule has 1 aromatic carbocycles. The molecule has 4 heteroatoms. The molecule has 1 aromatic rings. The van der Waals surface area contributed by atoms with E-state index in [0.717, 1.165) is 31.2 Å². The highest BCUT2D eigenvalue weighted by Crippen LogP contribution is 2.35. The van der Waals surface area contributed by atoms with Crippen molar-refractivity contribution in [3.8, 4) is 0 Å². The summed E-state index contributed by atoms with van der Waals surface area (Å²) in [5.74, 6) is -0.0642. The number of benzene rings is 1. The van der Waals surface area contributed by atoms with Crippen molar-refractivity contribution in [1.29, 1.82) is 0 Å². The Bertz CT molecular complexity index is 400. The van der Waals surface area contributed by atoms with Gasteiger partial charge in [0, 0.05) is 6.54 Å². The zero-order valence-corrected chi connectivity index (χ0v) is 11.2. The molecule has 0 atom stereocenters. The van der Waals surface area contributed by atoms with Gasteiger partial charge in [0.05, 0.1) is 12.0 Å². The molecule has 3 N–H and O–H groups in total. The molecular weight excluding hydrogens is 240 g/mol. The van der Waals surface area contributed by atoms with Gasteiger partial charge in [0.2, 0.25) is 0 Å². The first-order valence-electron chi connectivity index (χ1n) is 6.93. The van der Waals surface area contributed by atoms with E-state index in [1.54, 1.807) is 0 Å². The van der Waals surface area contributed by atoms with Crippen LogP contribution in [0.25, 0.3) is 0 Å². The van der Waals surface area contributed by atoms with E-state index in [9.17, 15) is 4.79 Å². The molecule has 0 spiro atoms. The second kappa shape index (κ2) is 6.68. The van der Waals surface area contributed by atoms with Crippen LogP contribution >= 0.6 is 0 Å². The summed E-state index contributed by atoms with van der Waals surface area (Å²) in [7, 11) is 0. The summed E-state index contributed by atoms with van der Waals surface area (Å²) < 4.78 is 0. The van der Waals surface area contributed by atoms with Gasteiger partial charge in [-0.25, -0.2) is 5.48 Å². The standard InChI is InChI=1S/C15H22N2O2/c16-12-15(9-5-2-6-10-15)14(18)17-19-11-13-7-3-1-4-8-13/h1,3-4,7-8H,2,5-6,9-12,16H2,(H,17,18). The van der Waals surface area contributed by atoms with Crippen LogP contribution < -0.4 is 11.2 Å². The van der Waals surface area contributed by atoms with E-state index in [2.05, 4.69) is 5.48 Å². The number of rotatable bonds is 5. The van der Waals surface area contributed by atoms with E-state index >= 15 is 0 Å². The summed E-state index contributed by atoms with van der Waals surface area (Å²) in [6.45, 7) is 0.779. The van der Waals surface area contributed by atoms with Crippen LogP contribution in [0.4, 0.5) is 0 Å². The first-order chi connectivity index (χ1) is 9.27. The predicted molar refractivity (Wildman–Crippen MR) is 73.9 cm³/mol. The zero-order chi connectivity index (χ0) is 13.6. The summed E-state index contributed by atoms with van der Waals surface area (Å²) in [6.07, 6.45) is 5.07. The number of carbonyl (C=O) groups excluding carboxylic acids is 1. The number of nitrogens with one attached hydrogen (secondary N) is 1. The van der Waals surface area contributed by atoms with Crippen molar-refractivity contribution < 1.29 is 9.63 Å². The van der Waals surface area contributed by atoms with Gasteiger partial charge < -0.3 is 5.73 Å². The fraction of sp³-hybridized carbons (Fsp3) is 0.533. The average molecular weight is 262 g/mol. The smallest absolute Gasteiger partial charge is 0.251 e. The lowest BCUT2D eigenvalue weighted by Gasteiger charge is -2.34. The van der Waals surface area contributed by atoms with Crippen LogP contribution in [0.1, 0.15) is 37.7 Å². The molecule has 4 nitrogen and oxygen atoms in total. The first kappa shape index (κ1) is 14.0. The van der Waals surface area contributed by atoms with Crippen LogP contribution in [0, 0.1) is 5.41 Å². The highest BCUT2D eigenvalue weighted by Gasteiger charge is 2.38. The van der Waals surface area contributed by atoms with Gasteiger partial charge in [0.1, 0.15) is 0 Å². The van der Waals surface area contributed by atoms with E-state index in [0.29, 0.717) is 13.2 Å². The van der Waals surface area contributed by atoms with Crippen molar-refractivity contribution in [2.45, 2.75) is 38.7 Å². The average Bonchev–Trinajstić information content (AvgIpc) is 2.49. The highest BCUT2D eigenvalue weighted by atomic mass is 16.6. The third-order valence-corrected chi connectivity index (χ3v) is 3.93. The third kappa shape index (κ3) is 3.55. The van der Waals surface area contributed by atoms with Crippen LogP contribution in [0.2, 0.25) is 0 Å². The minimum atomic E-state index is -0.422. The molecule has 19 heavy (non-hydrogen) atoms. The fourth-order valence-corrected chi connectivity index (χ4v) is 2.62. The van der Waals surface area contributed by atoms with Crippen molar-refractivity contribution >= 4 is 5.91 Å². The quantitative estimate of drug-likeness (QED) is 0.799. The van der Waals surface area contributed by atoms with Gasteiger partial charge in [-0.05, 0) is 18.4 Å². The third-order valence-electron chi connectivity index (χ3n) is 3.93. The summed E-state index contributed by atoms with van der Waals surface area (Å²) >= 11 is 0. The van der Waals surface area contributed by atoms with Crippen molar-refractivity contribution in [1.82, 2.24) is 5.48 Å². The first-order valence-corrected chi connectivity index (χ1v) is 6.93. The summed E-state index contributed by atoms with van der Waals surface area (Å²) in [5.41, 5.74) is 8.99. The maximum atomic E-state index is 12.2. The zero-order valence-electron chi connectivity index (χ0n) is 11.2. The Morgan fingerprint density at radius 2 is 1.89 bits per heavy atom. The molecule has 2 rings (SSSR count). The van der Waals surface area contributed by atoms with Gasteiger partial charge in [-0.1, -0.05) is 49.6 Å². The maximum absolute atomic E-state index is 12.2. The minimum Gasteiger partial charge on any atom is -0.329 e. The lowest BCUT2D eigenvalue weighted by atomic mass is 9.73. The summed E-state index contributed by atoms with van der Waals surface area (Å²) in [4.78, 5) is 17.5. The fourth-order valence-electron chi connectivity index (χ4n) is 2.62. The number of carbonyl (C=O) groups is 1. The molecule has 0 aromatic heterocycles. The molecule has 0 radical (unpaired) electrons. The SMILES string of the molecule is NCC1(C(=O)NOCc2ccccc2)CCCCC1. The van der Waals surface area contributed by atoms with E-state index in [1.807, 2.05) is 30.3 Å². The van der Waals surface area contributed by atoms with Crippen LogP contribution in [-0.2, 0) is 16.2 Å². The predicted octanol–water partition coefficient (Wildman–Crippen LogP) is 2.14. The number of hydrogen-bond acceptors (Lipinski definition) is 3. The Balaban J connectivity index is 1.83. The molecule has 1 aliphatic rings. The topological polar surface area (TPSA) is 64.4 Å². The molecular formula is C15H22N2O2.